The number of benzene rings is 1. The molecule has 0 atom stereocenters. The number of carboxylic acids is 1. The van der Waals surface area contributed by atoms with Gasteiger partial charge >= 0.3 is 5.97 Å². The fourth-order valence-electron chi connectivity index (χ4n) is 2.42. The van der Waals surface area contributed by atoms with Crippen LogP contribution in [-0.2, 0) is 4.79 Å². The molecule has 20 heavy (non-hydrogen) atoms. The van der Waals surface area contributed by atoms with Crippen molar-refractivity contribution in [1.82, 2.24) is 0 Å². The van der Waals surface area contributed by atoms with Crippen molar-refractivity contribution in [2.75, 3.05) is 5.32 Å². The lowest BCUT2D eigenvalue weighted by Gasteiger charge is -2.26. The molecule has 0 heterocycles. The summed E-state index contributed by atoms with van der Waals surface area (Å²) in [7, 11) is 0. The van der Waals surface area contributed by atoms with Gasteiger partial charge in [0.25, 0.3) is 5.69 Å². The SMILES string of the molecule is O=C(O)C1(Nc2cc(F)c(Br)cc2[N+](=O)[O-])CCCC1. The van der Waals surface area contributed by atoms with Crippen molar-refractivity contribution in [1.29, 1.82) is 0 Å². The number of anilines is 1. The topological polar surface area (TPSA) is 92.5 Å². The van der Waals surface area contributed by atoms with Gasteiger partial charge in [-0.25, -0.2) is 9.18 Å². The van der Waals surface area contributed by atoms with E-state index in [0.29, 0.717) is 25.7 Å². The first-order valence-corrected chi connectivity index (χ1v) is 6.80. The van der Waals surface area contributed by atoms with Gasteiger partial charge in [0.2, 0.25) is 0 Å². The predicted molar refractivity (Wildman–Crippen MR) is 73.2 cm³/mol. The lowest BCUT2D eigenvalue weighted by Crippen LogP contribution is -2.43. The molecular weight excluding hydrogens is 335 g/mol. The highest BCUT2D eigenvalue weighted by Crippen LogP contribution is 2.38. The summed E-state index contributed by atoms with van der Waals surface area (Å²) >= 11 is 2.88. The molecule has 1 fully saturated rings. The van der Waals surface area contributed by atoms with Gasteiger partial charge in [-0.2, -0.15) is 0 Å². The highest BCUT2D eigenvalue weighted by Gasteiger charge is 2.42. The van der Waals surface area contributed by atoms with Crippen LogP contribution in [0.15, 0.2) is 16.6 Å². The Morgan fingerprint density at radius 1 is 1.45 bits per heavy atom. The van der Waals surface area contributed by atoms with Crippen molar-refractivity contribution in [2.45, 2.75) is 31.2 Å². The van der Waals surface area contributed by atoms with Gasteiger partial charge in [0, 0.05) is 12.1 Å². The van der Waals surface area contributed by atoms with Crippen molar-refractivity contribution in [3.05, 3.63) is 32.5 Å². The molecule has 1 aromatic rings. The van der Waals surface area contributed by atoms with Crippen LogP contribution >= 0.6 is 15.9 Å². The van der Waals surface area contributed by atoms with E-state index >= 15 is 0 Å². The standard InChI is InChI=1S/C12H12BrFN2O4/c13-7-5-10(16(19)20)9(6-8(7)14)15-12(11(17)18)3-1-2-4-12/h5-6,15H,1-4H2,(H,17,18). The van der Waals surface area contributed by atoms with E-state index in [1.807, 2.05) is 0 Å². The minimum absolute atomic E-state index is 0.0365. The van der Waals surface area contributed by atoms with Crippen LogP contribution in [-0.4, -0.2) is 21.5 Å². The highest BCUT2D eigenvalue weighted by molar-refractivity contribution is 9.10. The Balaban J connectivity index is 2.44. The minimum atomic E-state index is -1.26. The predicted octanol–water partition coefficient (Wildman–Crippen LogP) is 3.31. The first-order valence-electron chi connectivity index (χ1n) is 6.01. The van der Waals surface area contributed by atoms with E-state index in [2.05, 4.69) is 21.2 Å². The lowest BCUT2D eigenvalue weighted by molar-refractivity contribution is -0.384. The molecule has 0 radical (unpaired) electrons. The molecule has 0 aliphatic heterocycles. The summed E-state index contributed by atoms with van der Waals surface area (Å²) in [4.78, 5) is 21.8. The fraction of sp³-hybridized carbons (Fsp3) is 0.417. The summed E-state index contributed by atoms with van der Waals surface area (Å²) in [6.45, 7) is 0. The van der Waals surface area contributed by atoms with Crippen LogP contribution in [0.1, 0.15) is 25.7 Å². The number of nitrogens with zero attached hydrogens (tertiary/aromatic N) is 1. The maximum absolute atomic E-state index is 13.6. The second kappa shape index (κ2) is 5.35. The Kier molecular flexibility index (Phi) is 3.94. The Bertz CT molecular complexity index is 573. The molecule has 6 nitrogen and oxygen atoms in total. The number of carboxylic acid groups (broad SMARTS) is 1. The van der Waals surface area contributed by atoms with E-state index < -0.39 is 22.2 Å². The molecule has 8 heteroatoms. The number of hydrogen-bond acceptors (Lipinski definition) is 4. The third-order valence-corrected chi connectivity index (χ3v) is 4.08. The average molecular weight is 347 g/mol. The number of carbonyl (C=O) groups is 1. The van der Waals surface area contributed by atoms with Gasteiger partial charge in [-0.05, 0) is 28.8 Å². The third-order valence-electron chi connectivity index (χ3n) is 3.48. The quantitative estimate of drug-likeness (QED) is 0.644. The first-order chi connectivity index (χ1) is 9.35. The normalized spacial score (nSPS) is 16.9. The van der Waals surface area contributed by atoms with Crippen molar-refractivity contribution < 1.29 is 19.2 Å². The summed E-state index contributed by atoms with van der Waals surface area (Å²) in [5, 5.41) is 23.0. The van der Waals surface area contributed by atoms with Crippen molar-refractivity contribution in [3.63, 3.8) is 0 Å². The number of nitrogens with one attached hydrogen (secondary N) is 1. The van der Waals surface area contributed by atoms with Gasteiger partial charge in [0.05, 0.1) is 9.40 Å². The van der Waals surface area contributed by atoms with Gasteiger partial charge in [0.1, 0.15) is 17.0 Å². The molecule has 2 rings (SSSR count). The molecule has 1 aromatic carbocycles. The molecule has 0 aromatic heterocycles. The molecular formula is C12H12BrFN2O4. The molecule has 1 saturated carbocycles. The number of aliphatic carboxylic acids is 1. The van der Waals surface area contributed by atoms with E-state index in [0.717, 1.165) is 12.1 Å². The number of hydrogen-bond donors (Lipinski definition) is 2. The lowest BCUT2D eigenvalue weighted by atomic mass is 9.97. The maximum atomic E-state index is 13.6. The van der Waals surface area contributed by atoms with Crippen LogP contribution in [0, 0.1) is 15.9 Å². The highest BCUT2D eigenvalue weighted by atomic mass is 79.9. The zero-order valence-electron chi connectivity index (χ0n) is 10.4. The summed E-state index contributed by atoms with van der Waals surface area (Å²) < 4.78 is 13.5. The Morgan fingerprint density at radius 3 is 2.55 bits per heavy atom. The summed E-state index contributed by atoms with van der Waals surface area (Å²) in [6.07, 6.45) is 2.15. The van der Waals surface area contributed by atoms with Crippen LogP contribution in [0.4, 0.5) is 15.8 Å². The van der Waals surface area contributed by atoms with Crippen LogP contribution in [0.5, 0.6) is 0 Å². The number of nitro groups is 1. The maximum Gasteiger partial charge on any atom is 0.329 e. The van der Waals surface area contributed by atoms with Crippen molar-refractivity contribution >= 4 is 33.3 Å². The van der Waals surface area contributed by atoms with Gasteiger partial charge < -0.3 is 10.4 Å². The van der Waals surface area contributed by atoms with Gasteiger partial charge in [-0.15, -0.1) is 0 Å². The first kappa shape index (κ1) is 14.7. The zero-order valence-corrected chi connectivity index (χ0v) is 11.9. The molecule has 1 aliphatic carbocycles. The molecule has 1 aliphatic rings. The molecule has 2 N–H and O–H groups in total. The number of rotatable bonds is 4. The van der Waals surface area contributed by atoms with Gasteiger partial charge in [-0.3, -0.25) is 10.1 Å². The zero-order chi connectivity index (χ0) is 14.9. The third kappa shape index (κ3) is 2.60. The van der Waals surface area contributed by atoms with E-state index in [-0.39, 0.29) is 15.8 Å². The molecule has 0 spiro atoms. The minimum Gasteiger partial charge on any atom is -0.480 e. The van der Waals surface area contributed by atoms with Crippen molar-refractivity contribution in [3.8, 4) is 0 Å². The van der Waals surface area contributed by atoms with Crippen molar-refractivity contribution in [2.24, 2.45) is 0 Å². The van der Waals surface area contributed by atoms with E-state index in [1.165, 1.54) is 0 Å². The van der Waals surface area contributed by atoms with Crippen LogP contribution < -0.4 is 5.32 Å². The molecule has 108 valence electrons. The second-order valence-electron chi connectivity index (χ2n) is 4.76. The molecule has 0 amide bonds. The van der Waals surface area contributed by atoms with Gasteiger partial charge in [-0.1, -0.05) is 12.8 Å². The van der Waals surface area contributed by atoms with Crippen LogP contribution in [0.2, 0.25) is 0 Å². The Labute approximate surface area is 122 Å². The number of halogens is 2. The summed E-state index contributed by atoms with van der Waals surface area (Å²) in [5.41, 5.74) is -1.73. The molecule has 0 bridgehead atoms. The Hall–Kier alpha value is -1.70. The second-order valence-corrected chi connectivity index (χ2v) is 5.61. The van der Waals surface area contributed by atoms with E-state index in [4.69, 9.17) is 0 Å². The summed E-state index contributed by atoms with van der Waals surface area (Å²) in [6, 6.07) is 1.98. The monoisotopic (exact) mass is 346 g/mol. The molecule has 0 saturated heterocycles. The van der Waals surface area contributed by atoms with E-state index in [9.17, 15) is 24.4 Å². The van der Waals surface area contributed by atoms with E-state index in [1.54, 1.807) is 0 Å². The average Bonchev–Trinajstić information content (AvgIpc) is 2.83. The molecule has 0 unspecified atom stereocenters. The Morgan fingerprint density at radius 2 is 2.05 bits per heavy atom. The fourth-order valence-corrected chi connectivity index (χ4v) is 2.75. The summed E-state index contributed by atoms with van der Waals surface area (Å²) in [5.74, 6) is -1.76. The van der Waals surface area contributed by atoms with Crippen LogP contribution in [0.3, 0.4) is 0 Å². The number of nitro benzene ring substituents is 1. The smallest absolute Gasteiger partial charge is 0.329 e. The van der Waals surface area contributed by atoms with Gasteiger partial charge in [0.15, 0.2) is 0 Å². The van der Waals surface area contributed by atoms with Crippen LogP contribution in [0.25, 0.3) is 0 Å². The largest absolute Gasteiger partial charge is 0.480 e.